The van der Waals surface area contributed by atoms with Crippen LogP contribution in [0.3, 0.4) is 0 Å². The van der Waals surface area contributed by atoms with E-state index in [4.69, 9.17) is 4.74 Å². The summed E-state index contributed by atoms with van der Waals surface area (Å²) in [6.07, 6.45) is 1.21. The number of carbonyl (C=O) groups is 1. The van der Waals surface area contributed by atoms with Gasteiger partial charge < -0.3 is 14.9 Å². The van der Waals surface area contributed by atoms with Crippen LogP contribution >= 0.6 is 11.3 Å². The van der Waals surface area contributed by atoms with Crippen molar-refractivity contribution in [2.24, 2.45) is 5.41 Å². The maximum atomic E-state index is 11.5. The molecule has 1 unspecified atom stereocenters. The number of aryl methyl sites for hydroxylation is 2. The van der Waals surface area contributed by atoms with E-state index < -0.39 is 12.1 Å². The minimum atomic E-state index is -0.864. The number of hydrogen-bond donors (Lipinski definition) is 2. The Balaban J connectivity index is 0.00000233. The molecule has 1 aromatic heterocycles. The molecule has 2 N–H and O–H groups in total. The molecule has 0 amide bonds. The molecule has 0 radical (unpaired) electrons. The molecule has 0 spiro atoms. The van der Waals surface area contributed by atoms with Gasteiger partial charge in [0.05, 0.1) is 6.10 Å². The van der Waals surface area contributed by atoms with Gasteiger partial charge >= 0.3 is 5.97 Å². The van der Waals surface area contributed by atoms with Crippen molar-refractivity contribution in [2.75, 3.05) is 6.61 Å². The lowest BCUT2D eigenvalue weighted by Gasteiger charge is -2.32. The summed E-state index contributed by atoms with van der Waals surface area (Å²) >= 11 is 1.38. The maximum Gasteiger partial charge on any atom is 0.346 e. The van der Waals surface area contributed by atoms with Crippen LogP contribution in [-0.4, -0.2) is 28.9 Å². The van der Waals surface area contributed by atoms with Crippen LogP contribution in [0, 0.1) is 19.3 Å². The Morgan fingerprint density at radius 1 is 1.06 bits per heavy atom. The number of rotatable bonds is 8. The highest BCUT2D eigenvalue weighted by Crippen LogP contribution is 2.44. The molecule has 2 aromatic rings. The number of aliphatic hydroxyl groups excluding tert-OH is 1. The van der Waals surface area contributed by atoms with Gasteiger partial charge in [-0.25, -0.2) is 4.79 Å². The second-order valence-corrected chi connectivity index (χ2v) is 9.94. The van der Waals surface area contributed by atoms with Gasteiger partial charge in [-0.3, -0.25) is 0 Å². The van der Waals surface area contributed by atoms with Crippen molar-refractivity contribution in [3.05, 3.63) is 50.7 Å². The fourth-order valence-electron chi connectivity index (χ4n) is 3.61. The van der Waals surface area contributed by atoms with Gasteiger partial charge in [0.2, 0.25) is 0 Å². The predicted molar refractivity (Wildman–Crippen MR) is 131 cm³/mol. The summed E-state index contributed by atoms with van der Waals surface area (Å²) in [6, 6.07) is 8.22. The van der Waals surface area contributed by atoms with Crippen LogP contribution in [0.5, 0.6) is 5.75 Å². The molecule has 0 fully saturated rings. The van der Waals surface area contributed by atoms with Gasteiger partial charge in [-0.05, 0) is 60.9 Å². The molecule has 31 heavy (non-hydrogen) atoms. The number of benzene rings is 1. The Bertz CT molecular complexity index is 857. The van der Waals surface area contributed by atoms with Crippen molar-refractivity contribution in [2.45, 2.75) is 86.7 Å². The van der Waals surface area contributed by atoms with E-state index in [0.29, 0.717) is 4.88 Å². The van der Waals surface area contributed by atoms with Crippen molar-refractivity contribution < 1.29 is 19.7 Å². The van der Waals surface area contributed by atoms with Gasteiger partial charge in [-0.2, -0.15) is 0 Å². The lowest BCUT2D eigenvalue weighted by Crippen LogP contribution is -2.32. The van der Waals surface area contributed by atoms with Crippen LogP contribution in [0.25, 0.3) is 0 Å². The van der Waals surface area contributed by atoms with Crippen molar-refractivity contribution in [1.29, 1.82) is 0 Å². The van der Waals surface area contributed by atoms with Gasteiger partial charge in [0.25, 0.3) is 0 Å². The summed E-state index contributed by atoms with van der Waals surface area (Å²) in [5.41, 5.74) is 2.55. The smallest absolute Gasteiger partial charge is 0.346 e. The molecule has 0 saturated carbocycles. The zero-order valence-corrected chi connectivity index (χ0v) is 21.4. The molecular formula is C26H40O4S. The third kappa shape index (κ3) is 6.11. The average Bonchev–Trinajstić information content (AvgIpc) is 3.11. The number of ether oxygens (including phenoxy) is 1. The number of aromatic carboxylic acids is 1. The number of carboxylic acids is 1. The minimum absolute atomic E-state index is 0.225. The summed E-state index contributed by atoms with van der Waals surface area (Å²) in [6.45, 7) is 18.4. The maximum absolute atomic E-state index is 11.5. The third-order valence-electron chi connectivity index (χ3n) is 5.91. The molecule has 0 aliphatic rings. The molecule has 0 bridgehead atoms. The molecule has 1 atom stereocenters. The van der Waals surface area contributed by atoms with Crippen molar-refractivity contribution in [1.82, 2.24) is 0 Å². The Labute approximate surface area is 192 Å². The van der Waals surface area contributed by atoms with Gasteiger partial charge in [0.1, 0.15) is 17.2 Å². The van der Waals surface area contributed by atoms with E-state index in [1.165, 1.54) is 16.9 Å². The first-order valence-electron chi connectivity index (χ1n) is 11.2. The number of hydrogen-bond acceptors (Lipinski definition) is 4. The monoisotopic (exact) mass is 448 g/mol. The first-order valence-corrected chi connectivity index (χ1v) is 12.0. The van der Waals surface area contributed by atoms with Gasteiger partial charge in [0, 0.05) is 10.3 Å². The third-order valence-corrected chi connectivity index (χ3v) is 7.34. The Morgan fingerprint density at radius 2 is 1.65 bits per heavy atom. The fourth-order valence-corrected chi connectivity index (χ4v) is 4.97. The van der Waals surface area contributed by atoms with E-state index in [1.807, 2.05) is 60.6 Å². The summed E-state index contributed by atoms with van der Waals surface area (Å²) < 4.78 is 5.90. The molecule has 1 aromatic carbocycles. The Kier molecular flexibility index (Phi) is 9.77. The van der Waals surface area contributed by atoms with Crippen LogP contribution in [0.2, 0.25) is 0 Å². The Hall–Kier alpha value is -1.85. The van der Waals surface area contributed by atoms with Crippen LogP contribution in [0.4, 0.5) is 0 Å². The van der Waals surface area contributed by atoms with E-state index in [9.17, 15) is 15.0 Å². The summed E-state index contributed by atoms with van der Waals surface area (Å²) in [7, 11) is 0. The predicted octanol–water partition coefficient (Wildman–Crippen LogP) is 6.98. The first kappa shape index (κ1) is 27.2. The molecule has 1 heterocycles. The number of aliphatic hydroxyl groups is 1. The summed E-state index contributed by atoms with van der Waals surface area (Å²) in [5.74, 6) is -0.0936. The quantitative estimate of drug-likeness (QED) is 0.457. The van der Waals surface area contributed by atoms with Crippen LogP contribution in [-0.2, 0) is 5.41 Å². The van der Waals surface area contributed by atoms with E-state index >= 15 is 0 Å². The highest BCUT2D eigenvalue weighted by atomic mass is 32.1. The van der Waals surface area contributed by atoms with Crippen LogP contribution < -0.4 is 4.74 Å². The molecular weight excluding hydrogens is 408 g/mol. The zero-order chi connectivity index (χ0) is 24.0. The van der Waals surface area contributed by atoms with Crippen molar-refractivity contribution in [3.63, 3.8) is 0 Å². The highest BCUT2D eigenvalue weighted by Gasteiger charge is 2.34. The first-order chi connectivity index (χ1) is 14.5. The van der Waals surface area contributed by atoms with Gasteiger partial charge in [-0.1, -0.05) is 60.6 Å². The van der Waals surface area contributed by atoms with E-state index in [1.54, 1.807) is 0 Å². The van der Waals surface area contributed by atoms with Crippen molar-refractivity contribution in [3.8, 4) is 5.75 Å². The fraction of sp³-hybridized carbons (Fsp3) is 0.577. The number of thiophene rings is 1. The van der Waals surface area contributed by atoms with E-state index in [2.05, 4.69) is 26.0 Å². The SMILES string of the molecule is CC.CCC(CC)(c1ccc(OCC(O)C(C)(C)C)c(C)c1)c1cc(C)c(C(=O)O)s1. The lowest BCUT2D eigenvalue weighted by atomic mass is 9.74. The van der Waals surface area contributed by atoms with Gasteiger partial charge in [-0.15, -0.1) is 11.3 Å². The van der Waals surface area contributed by atoms with E-state index in [0.717, 1.165) is 34.6 Å². The van der Waals surface area contributed by atoms with E-state index in [-0.39, 0.29) is 17.4 Å². The summed E-state index contributed by atoms with van der Waals surface area (Å²) in [5, 5.41) is 19.7. The number of carboxylic acid groups (broad SMARTS) is 1. The second-order valence-electron chi connectivity index (χ2n) is 8.89. The van der Waals surface area contributed by atoms with Crippen molar-refractivity contribution >= 4 is 17.3 Å². The average molecular weight is 449 g/mol. The molecule has 4 nitrogen and oxygen atoms in total. The molecule has 0 saturated heterocycles. The molecule has 5 heteroatoms. The second kappa shape index (κ2) is 11.1. The molecule has 0 aliphatic heterocycles. The Morgan fingerprint density at radius 3 is 2.06 bits per heavy atom. The lowest BCUT2D eigenvalue weighted by molar-refractivity contribution is 0.0216. The van der Waals surface area contributed by atoms with Crippen LogP contribution in [0.1, 0.15) is 92.5 Å². The minimum Gasteiger partial charge on any atom is -0.491 e. The standard InChI is InChI=1S/C24H34O4S.C2H6/c1-8-24(9-2,20-13-16(4)21(29-20)22(26)27)17-10-11-18(15(3)12-17)28-14-19(25)23(5,6)7;1-2/h10-13,19,25H,8-9,14H2,1-7H3,(H,26,27);1-2H3. The largest absolute Gasteiger partial charge is 0.491 e. The summed E-state index contributed by atoms with van der Waals surface area (Å²) in [4.78, 5) is 13.1. The van der Waals surface area contributed by atoms with Gasteiger partial charge in [0.15, 0.2) is 0 Å². The zero-order valence-electron chi connectivity index (χ0n) is 20.6. The molecule has 0 aliphatic carbocycles. The molecule has 174 valence electrons. The molecule has 2 rings (SSSR count). The normalized spacial score (nSPS) is 12.7. The van der Waals surface area contributed by atoms with Crippen LogP contribution in [0.15, 0.2) is 24.3 Å². The topological polar surface area (TPSA) is 66.8 Å². The highest BCUT2D eigenvalue weighted by molar-refractivity contribution is 7.14.